The average Bonchev–Trinajstić information content (AvgIpc) is 2.73. The highest BCUT2D eigenvalue weighted by Gasteiger charge is 2.33. The molecule has 180 valence electrons. The van der Waals surface area contributed by atoms with Gasteiger partial charge in [0.15, 0.2) is 0 Å². The standard InChI is InChI=1S/C22H34N2O6S2/c1-4-13(2)20-18(26)11-19(27)30-16-7-5-6-8-31-32-12-17(22(29)24-20)23-21(28)14(3)9-15(25)10-16/h5,7,13-14,16-18,20,26H,4,6,8-12H2,1-3H3,(H,23,28)(H,24,29)/b7-5+/t13-,14+,16?,17-,18+,20-/m1/s1. The van der Waals surface area contributed by atoms with Crippen LogP contribution in [0.3, 0.4) is 0 Å². The molecule has 0 spiro atoms. The van der Waals surface area contributed by atoms with Crippen molar-refractivity contribution < 1.29 is 29.0 Å². The first-order valence-corrected chi connectivity index (χ1v) is 13.6. The van der Waals surface area contributed by atoms with E-state index in [2.05, 4.69) is 10.6 Å². The number of rotatable bonds is 2. The number of allylic oxidation sites excluding steroid dienone is 1. The summed E-state index contributed by atoms with van der Waals surface area (Å²) >= 11 is 0. The number of aliphatic hydroxyl groups is 1. The van der Waals surface area contributed by atoms with Crippen molar-refractivity contribution in [1.29, 1.82) is 0 Å². The number of ether oxygens (including phenoxy) is 1. The molecule has 0 saturated carbocycles. The van der Waals surface area contributed by atoms with E-state index in [1.807, 2.05) is 19.9 Å². The zero-order valence-electron chi connectivity index (χ0n) is 18.9. The summed E-state index contributed by atoms with van der Waals surface area (Å²) in [6, 6.07) is -1.50. The van der Waals surface area contributed by atoms with Crippen LogP contribution in [0.4, 0.5) is 0 Å². The van der Waals surface area contributed by atoms with Crippen molar-refractivity contribution in [1.82, 2.24) is 10.6 Å². The summed E-state index contributed by atoms with van der Waals surface area (Å²) in [4.78, 5) is 50.9. The number of nitrogens with one attached hydrogen (secondary N) is 2. The van der Waals surface area contributed by atoms with E-state index < -0.39 is 42.1 Å². The van der Waals surface area contributed by atoms with Crippen molar-refractivity contribution in [2.75, 3.05) is 11.5 Å². The molecule has 2 heterocycles. The molecule has 2 aliphatic heterocycles. The number of fused-ring (bicyclic) bond motifs is 7. The van der Waals surface area contributed by atoms with Gasteiger partial charge in [-0.2, -0.15) is 0 Å². The largest absolute Gasteiger partial charge is 0.458 e. The van der Waals surface area contributed by atoms with Gasteiger partial charge in [-0.05, 0) is 18.4 Å². The van der Waals surface area contributed by atoms with E-state index in [1.165, 1.54) is 10.8 Å². The lowest BCUT2D eigenvalue weighted by Gasteiger charge is -2.30. The summed E-state index contributed by atoms with van der Waals surface area (Å²) in [5, 5.41) is 16.4. The minimum atomic E-state index is -1.16. The van der Waals surface area contributed by atoms with Gasteiger partial charge in [0.1, 0.15) is 17.9 Å². The van der Waals surface area contributed by atoms with Gasteiger partial charge in [0, 0.05) is 30.3 Å². The molecule has 32 heavy (non-hydrogen) atoms. The smallest absolute Gasteiger partial charge is 0.309 e. The Morgan fingerprint density at radius 1 is 1.12 bits per heavy atom. The van der Waals surface area contributed by atoms with Crippen molar-refractivity contribution in [3.05, 3.63) is 12.2 Å². The second-order valence-electron chi connectivity index (χ2n) is 8.45. The topological polar surface area (TPSA) is 122 Å². The van der Waals surface area contributed by atoms with Crippen LogP contribution >= 0.6 is 21.6 Å². The molecule has 1 unspecified atom stereocenters. The fraction of sp³-hybridized carbons (Fsp3) is 0.727. The fourth-order valence-corrected chi connectivity index (χ4v) is 5.73. The molecular formula is C22H34N2O6S2. The number of hydrogen-bond donors (Lipinski definition) is 3. The summed E-state index contributed by atoms with van der Waals surface area (Å²) in [5.41, 5.74) is 0. The second-order valence-corrected chi connectivity index (χ2v) is 11.1. The van der Waals surface area contributed by atoms with Gasteiger partial charge in [0.2, 0.25) is 11.8 Å². The number of carbonyl (C=O) groups excluding carboxylic acids is 4. The van der Waals surface area contributed by atoms with Crippen LogP contribution in [0.5, 0.6) is 0 Å². The van der Waals surface area contributed by atoms with Crippen LogP contribution in [-0.2, 0) is 23.9 Å². The molecule has 6 atom stereocenters. The molecular weight excluding hydrogens is 452 g/mol. The molecule has 0 aromatic carbocycles. The molecule has 0 aliphatic carbocycles. The molecule has 2 bridgehead atoms. The Kier molecular flexibility index (Phi) is 11.1. The lowest BCUT2D eigenvalue weighted by molar-refractivity contribution is -0.151. The van der Waals surface area contributed by atoms with Gasteiger partial charge in [-0.3, -0.25) is 19.2 Å². The van der Waals surface area contributed by atoms with Crippen LogP contribution in [0.15, 0.2) is 12.2 Å². The second kappa shape index (κ2) is 13.3. The van der Waals surface area contributed by atoms with Gasteiger partial charge in [0.05, 0.1) is 18.6 Å². The van der Waals surface area contributed by atoms with Crippen molar-refractivity contribution in [2.45, 2.75) is 77.2 Å². The Labute approximate surface area is 197 Å². The van der Waals surface area contributed by atoms with Gasteiger partial charge in [-0.25, -0.2) is 0 Å². The zero-order chi connectivity index (χ0) is 23.7. The first-order chi connectivity index (χ1) is 15.2. The van der Waals surface area contributed by atoms with Gasteiger partial charge in [0.25, 0.3) is 0 Å². The number of carbonyl (C=O) groups is 4. The Balaban J connectivity index is 2.43. The molecule has 2 amide bonds. The highest BCUT2D eigenvalue weighted by molar-refractivity contribution is 8.76. The maximum absolute atomic E-state index is 13.1. The Bertz CT molecular complexity index is 717. The predicted molar refractivity (Wildman–Crippen MR) is 126 cm³/mol. The quantitative estimate of drug-likeness (QED) is 0.308. The zero-order valence-corrected chi connectivity index (χ0v) is 20.5. The molecule has 2 aliphatic rings. The third kappa shape index (κ3) is 8.44. The normalized spacial score (nSPS) is 33.6. The molecule has 1 fully saturated rings. The highest BCUT2D eigenvalue weighted by atomic mass is 33.1. The van der Waals surface area contributed by atoms with Crippen LogP contribution in [-0.4, -0.2) is 64.5 Å². The Morgan fingerprint density at radius 3 is 2.59 bits per heavy atom. The average molecular weight is 487 g/mol. The van der Waals surface area contributed by atoms with Gasteiger partial charge in [-0.1, -0.05) is 54.9 Å². The van der Waals surface area contributed by atoms with Gasteiger partial charge >= 0.3 is 5.97 Å². The minimum absolute atomic E-state index is 0.0118. The number of esters is 1. The Morgan fingerprint density at radius 2 is 1.88 bits per heavy atom. The molecule has 3 N–H and O–H groups in total. The van der Waals surface area contributed by atoms with Gasteiger partial charge in [-0.15, -0.1) is 0 Å². The lowest BCUT2D eigenvalue weighted by atomic mass is 9.92. The predicted octanol–water partition coefficient (Wildman–Crippen LogP) is 2.01. The summed E-state index contributed by atoms with van der Waals surface area (Å²) in [6.07, 6.45) is 2.71. The molecule has 10 heteroatoms. The first kappa shape index (κ1) is 26.7. The third-order valence-electron chi connectivity index (χ3n) is 5.72. The monoisotopic (exact) mass is 486 g/mol. The number of Topliss-reactive ketones (excluding diaryl/α,β-unsaturated/α-hetero) is 1. The number of amides is 2. The van der Waals surface area contributed by atoms with E-state index in [0.29, 0.717) is 18.6 Å². The number of hydrogen-bond acceptors (Lipinski definition) is 8. The summed E-state index contributed by atoms with van der Waals surface area (Å²) < 4.78 is 5.50. The molecule has 8 nitrogen and oxygen atoms in total. The highest BCUT2D eigenvalue weighted by Crippen LogP contribution is 2.24. The summed E-state index contributed by atoms with van der Waals surface area (Å²) in [5.74, 6) is -1.24. The van der Waals surface area contributed by atoms with Crippen molar-refractivity contribution in [3.8, 4) is 0 Å². The van der Waals surface area contributed by atoms with Crippen LogP contribution in [0, 0.1) is 11.8 Å². The third-order valence-corrected chi connectivity index (χ3v) is 8.17. The number of aliphatic hydroxyl groups excluding tert-OH is 1. The maximum atomic E-state index is 13.1. The Hall–Kier alpha value is -1.52. The van der Waals surface area contributed by atoms with E-state index in [-0.39, 0.29) is 36.9 Å². The van der Waals surface area contributed by atoms with Crippen molar-refractivity contribution in [2.24, 2.45) is 11.8 Å². The summed E-state index contributed by atoms with van der Waals surface area (Å²) in [6.45, 7) is 5.46. The molecule has 1 saturated heterocycles. The molecule has 0 aromatic heterocycles. The van der Waals surface area contributed by atoms with E-state index in [0.717, 1.165) is 5.75 Å². The maximum Gasteiger partial charge on any atom is 0.309 e. The van der Waals surface area contributed by atoms with Crippen LogP contribution in [0.1, 0.15) is 52.9 Å². The van der Waals surface area contributed by atoms with E-state index in [9.17, 15) is 24.3 Å². The minimum Gasteiger partial charge on any atom is -0.458 e. The van der Waals surface area contributed by atoms with E-state index in [4.69, 9.17) is 4.74 Å². The summed E-state index contributed by atoms with van der Waals surface area (Å²) in [7, 11) is 3.07. The number of ketones is 1. The van der Waals surface area contributed by atoms with Crippen LogP contribution < -0.4 is 10.6 Å². The van der Waals surface area contributed by atoms with E-state index in [1.54, 1.807) is 23.8 Å². The van der Waals surface area contributed by atoms with Crippen LogP contribution in [0.25, 0.3) is 0 Å². The van der Waals surface area contributed by atoms with E-state index >= 15 is 0 Å². The van der Waals surface area contributed by atoms with Crippen molar-refractivity contribution >= 4 is 45.2 Å². The molecule has 0 aromatic rings. The lowest BCUT2D eigenvalue weighted by Crippen LogP contribution is -2.56. The molecule has 0 radical (unpaired) electrons. The van der Waals surface area contributed by atoms with Gasteiger partial charge < -0.3 is 20.5 Å². The SMILES string of the molecule is CC[C@@H](C)[C@H]1NC(=O)[C@H]2CSSCC/C=C/C(CC(=O)C[C@H](C)C(=O)N2)OC(=O)C[C@@H]1O. The fourth-order valence-electron chi connectivity index (χ4n) is 3.58. The van der Waals surface area contributed by atoms with Crippen LogP contribution in [0.2, 0.25) is 0 Å². The first-order valence-electron chi connectivity index (χ1n) is 11.1. The molecule has 2 rings (SSSR count). The van der Waals surface area contributed by atoms with Crippen molar-refractivity contribution in [3.63, 3.8) is 0 Å².